The van der Waals surface area contributed by atoms with Crippen molar-refractivity contribution in [3.05, 3.63) is 70.6 Å². The van der Waals surface area contributed by atoms with Gasteiger partial charge in [-0.15, -0.1) is 0 Å². The fourth-order valence-electron chi connectivity index (χ4n) is 1.79. The highest BCUT2D eigenvalue weighted by Gasteiger charge is 2.09. The van der Waals surface area contributed by atoms with Crippen LogP contribution in [0.1, 0.15) is 11.1 Å². The SMILES string of the molecule is Cc1ccc(NC(=O)/C(C#N)=C\NCc2cccnc2)cc1Cl. The monoisotopic (exact) mass is 326 g/mol. The van der Waals surface area contributed by atoms with Gasteiger partial charge in [0.15, 0.2) is 0 Å². The molecule has 0 aliphatic rings. The summed E-state index contributed by atoms with van der Waals surface area (Å²) in [5.41, 5.74) is 2.38. The Balaban J connectivity index is 1.99. The summed E-state index contributed by atoms with van der Waals surface area (Å²) in [5, 5.41) is 15.2. The van der Waals surface area contributed by atoms with Gasteiger partial charge < -0.3 is 10.6 Å². The maximum absolute atomic E-state index is 12.1. The lowest BCUT2D eigenvalue weighted by atomic mass is 10.2. The number of aromatic nitrogens is 1. The number of pyridine rings is 1. The molecule has 1 aromatic heterocycles. The predicted octanol–water partition coefficient (Wildman–Crippen LogP) is 3.18. The highest BCUT2D eigenvalue weighted by molar-refractivity contribution is 6.31. The third-order valence-corrected chi connectivity index (χ3v) is 3.48. The van der Waals surface area contributed by atoms with Gasteiger partial charge in [-0.1, -0.05) is 23.7 Å². The molecule has 0 aliphatic heterocycles. The Morgan fingerprint density at radius 3 is 2.91 bits per heavy atom. The standard InChI is InChI=1S/C17H15ClN4O/c1-12-4-5-15(7-16(12)18)22-17(23)14(8-19)11-21-10-13-3-2-6-20-9-13/h2-7,9,11,21H,10H2,1H3,(H,22,23)/b14-11-. The van der Waals surface area contributed by atoms with E-state index in [9.17, 15) is 4.79 Å². The zero-order chi connectivity index (χ0) is 16.7. The van der Waals surface area contributed by atoms with E-state index in [0.29, 0.717) is 17.3 Å². The van der Waals surface area contributed by atoms with Gasteiger partial charge in [-0.3, -0.25) is 9.78 Å². The molecular formula is C17H15ClN4O. The number of carbonyl (C=O) groups is 1. The molecule has 1 amide bonds. The molecule has 0 aliphatic carbocycles. The number of nitrogens with zero attached hydrogens (tertiary/aromatic N) is 2. The van der Waals surface area contributed by atoms with E-state index in [1.807, 2.05) is 25.1 Å². The molecule has 0 spiro atoms. The molecular weight excluding hydrogens is 312 g/mol. The number of rotatable bonds is 5. The summed E-state index contributed by atoms with van der Waals surface area (Å²) >= 11 is 6.01. The second-order valence-corrected chi connectivity index (χ2v) is 5.24. The number of nitriles is 1. The minimum atomic E-state index is -0.494. The van der Waals surface area contributed by atoms with Crippen LogP contribution in [0.4, 0.5) is 5.69 Å². The highest BCUT2D eigenvalue weighted by Crippen LogP contribution is 2.20. The van der Waals surface area contributed by atoms with Crippen molar-refractivity contribution in [2.45, 2.75) is 13.5 Å². The fourth-order valence-corrected chi connectivity index (χ4v) is 1.97. The molecule has 0 atom stereocenters. The molecule has 0 fully saturated rings. The summed E-state index contributed by atoms with van der Waals surface area (Å²) in [6.45, 7) is 2.35. The average Bonchev–Trinajstić information content (AvgIpc) is 2.56. The van der Waals surface area contributed by atoms with E-state index in [2.05, 4.69) is 15.6 Å². The molecule has 0 radical (unpaired) electrons. The van der Waals surface area contributed by atoms with Gasteiger partial charge in [0.2, 0.25) is 0 Å². The Hall–Kier alpha value is -2.84. The van der Waals surface area contributed by atoms with E-state index in [-0.39, 0.29) is 5.57 Å². The number of anilines is 1. The van der Waals surface area contributed by atoms with E-state index in [0.717, 1.165) is 11.1 Å². The molecule has 1 aromatic carbocycles. The smallest absolute Gasteiger partial charge is 0.267 e. The normalized spacial score (nSPS) is 10.7. The van der Waals surface area contributed by atoms with Gasteiger partial charge in [0.1, 0.15) is 11.6 Å². The maximum atomic E-state index is 12.1. The number of hydrogen-bond acceptors (Lipinski definition) is 4. The minimum absolute atomic E-state index is 0.0226. The Morgan fingerprint density at radius 1 is 1.43 bits per heavy atom. The van der Waals surface area contributed by atoms with Crippen molar-refractivity contribution >= 4 is 23.2 Å². The largest absolute Gasteiger partial charge is 0.386 e. The molecule has 1 heterocycles. The molecule has 23 heavy (non-hydrogen) atoms. The van der Waals surface area contributed by atoms with Crippen LogP contribution < -0.4 is 10.6 Å². The van der Waals surface area contributed by atoms with Crippen molar-refractivity contribution in [3.63, 3.8) is 0 Å². The minimum Gasteiger partial charge on any atom is -0.386 e. The first kappa shape index (κ1) is 16.5. The van der Waals surface area contributed by atoms with E-state index in [4.69, 9.17) is 16.9 Å². The zero-order valence-electron chi connectivity index (χ0n) is 12.5. The number of halogens is 1. The van der Waals surface area contributed by atoms with Gasteiger partial charge in [-0.2, -0.15) is 5.26 Å². The fraction of sp³-hybridized carbons (Fsp3) is 0.118. The van der Waals surface area contributed by atoms with E-state index >= 15 is 0 Å². The molecule has 0 bridgehead atoms. The number of benzene rings is 1. The number of nitrogens with one attached hydrogen (secondary N) is 2. The third kappa shape index (κ3) is 4.83. The van der Waals surface area contributed by atoms with Crippen LogP contribution >= 0.6 is 11.6 Å². The molecule has 0 saturated heterocycles. The predicted molar refractivity (Wildman–Crippen MR) is 89.6 cm³/mol. The number of carbonyl (C=O) groups excluding carboxylic acids is 1. The lowest BCUT2D eigenvalue weighted by molar-refractivity contribution is -0.112. The van der Waals surface area contributed by atoms with Crippen molar-refractivity contribution in [1.82, 2.24) is 10.3 Å². The van der Waals surface area contributed by atoms with Gasteiger partial charge >= 0.3 is 0 Å². The Labute approximate surface area is 139 Å². The third-order valence-electron chi connectivity index (χ3n) is 3.07. The quantitative estimate of drug-likeness (QED) is 0.653. The second-order valence-electron chi connectivity index (χ2n) is 4.83. The van der Waals surface area contributed by atoms with Crippen LogP contribution in [0.2, 0.25) is 5.02 Å². The van der Waals surface area contributed by atoms with E-state index < -0.39 is 5.91 Å². The molecule has 2 N–H and O–H groups in total. The zero-order valence-corrected chi connectivity index (χ0v) is 13.3. The summed E-state index contributed by atoms with van der Waals surface area (Å²) in [6, 6.07) is 10.8. The number of hydrogen-bond donors (Lipinski definition) is 2. The van der Waals surface area contributed by atoms with Crippen LogP contribution in [-0.4, -0.2) is 10.9 Å². The van der Waals surface area contributed by atoms with Crippen molar-refractivity contribution in [1.29, 1.82) is 5.26 Å². The van der Waals surface area contributed by atoms with Gasteiger partial charge in [0.25, 0.3) is 5.91 Å². The highest BCUT2D eigenvalue weighted by atomic mass is 35.5. The van der Waals surface area contributed by atoms with Crippen molar-refractivity contribution in [3.8, 4) is 6.07 Å². The summed E-state index contributed by atoms with van der Waals surface area (Å²) < 4.78 is 0. The molecule has 0 unspecified atom stereocenters. The molecule has 116 valence electrons. The van der Waals surface area contributed by atoms with E-state index in [1.165, 1.54) is 6.20 Å². The molecule has 6 heteroatoms. The van der Waals surface area contributed by atoms with Crippen molar-refractivity contribution in [2.24, 2.45) is 0 Å². The van der Waals surface area contributed by atoms with E-state index in [1.54, 1.807) is 30.6 Å². The Kier molecular flexibility index (Phi) is 5.73. The Morgan fingerprint density at radius 2 is 2.26 bits per heavy atom. The van der Waals surface area contributed by atoms with Crippen LogP contribution in [0.25, 0.3) is 0 Å². The first-order valence-corrected chi connectivity index (χ1v) is 7.28. The second kappa shape index (κ2) is 7.97. The van der Waals surface area contributed by atoms with Gasteiger partial charge in [-0.05, 0) is 36.2 Å². The topological polar surface area (TPSA) is 77.8 Å². The van der Waals surface area contributed by atoms with Crippen LogP contribution in [-0.2, 0) is 11.3 Å². The lowest BCUT2D eigenvalue weighted by Crippen LogP contribution is -2.16. The first-order chi connectivity index (χ1) is 11.1. The van der Waals surface area contributed by atoms with Crippen molar-refractivity contribution in [2.75, 3.05) is 5.32 Å². The molecule has 2 aromatic rings. The number of aryl methyl sites for hydroxylation is 1. The first-order valence-electron chi connectivity index (χ1n) is 6.90. The van der Waals surface area contributed by atoms with Crippen LogP contribution in [0, 0.1) is 18.3 Å². The maximum Gasteiger partial charge on any atom is 0.267 e. The summed E-state index contributed by atoms with van der Waals surface area (Å²) in [7, 11) is 0. The molecule has 5 nitrogen and oxygen atoms in total. The lowest BCUT2D eigenvalue weighted by Gasteiger charge is -2.07. The summed E-state index contributed by atoms with van der Waals surface area (Å²) in [6.07, 6.45) is 4.78. The summed E-state index contributed by atoms with van der Waals surface area (Å²) in [5.74, 6) is -0.494. The van der Waals surface area contributed by atoms with Crippen LogP contribution in [0.3, 0.4) is 0 Å². The number of amides is 1. The van der Waals surface area contributed by atoms with Gasteiger partial charge in [-0.25, -0.2) is 0 Å². The van der Waals surface area contributed by atoms with Gasteiger partial charge in [0, 0.05) is 35.8 Å². The van der Waals surface area contributed by atoms with Gasteiger partial charge in [0.05, 0.1) is 0 Å². The summed E-state index contributed by atoms with van der Waals surface area (Å²) in [4.78, 5) is 16.1. The molecule has 0 saturated carbocycles. The average molecular weight is 327 g/mol. The Bertz CT molecular complexity index is 766. The van der Waals surface area contributed by atoms with Crippen LogP contribution in [0.5, 0.6) is 0 Å². The van der Waals surface area contributed by atoms with Crippen LogP contribution in [0.15, 0.2) is 54.5 Å². The van der Waals surface area contributed by atoms with Crippen molar-refractivity contribution < 1.29 is 4.79 Å². The molecule has 2 rings (SSSR count).